The Morgan fingerprint density at radius 1 is 1.37 bits per heavy atom. The molecule has 4 nitrogen and oxygen atoms in total. The smallest absolute Gasteiger partial charge is 0.265 e. The van der Waals surface area contributed by atoms with Crippen LogP contribution in [0.15, 0.2) is 36.5 Å². The lowest BCUT2D eigenvalue weighted by Gasteiger charge is -2.04. The van der Waals surface area contributed by atoms with Crippen LogP contribution in [0.25, 0.3) is 10.9 Å². The number of nitrogens with zero attached hydrogens (tertiary/aromatic N) is 1. The van der Waals surface area contributed by atoms with Crippen LogP contribution in [0.1, 0.15) is 21.5 Å². The summed E-state index contributed by atoms with van der Waals surface area (Å²) in [5.41, 5.74) is 1.61. The molecule has 0 aliphatic heterocycles. The number of amides is 1. The van der Waals surface area contributed by atoms with Crippen molar-refractivity contribution >= 4 is 33.8 Å². The summed E-state index contributed by atoms with van der Waals surface area (Å²) in [6.07, 6.45) is 2.69. The van der Waals surface area contributed by atoms with Crippen LogP contribution in [0.3, 0.4) is 0 Å². The molecule has 3 rings (SSSR count). The van der Waals surface area contributed by atoms with Crippen LogP contribution in [0.2, 0.25) is 0 Å². The molecule has 2 aromatic heterocycles. The molecule has 96 valence electrons. The maximum atomic E-state index is 12.2. The fourth-order valence-electron chi connectivity index (χ4n) is 1.95. The van der Waals surface area contributed by atoms with Crippen molar-refractivity contribution in [3.63, 3.8) is 0 Å². The number of hydrogen-bond acceptors (Lipinski definition) is 3. The number of rotatable bonds is 3. The summed E-state index contributed by atoms with van der Waals surface area (Å²) in [5, 5.41) is 10.8. The van der Waals surface area contributed by atoms with Crippen LogP contribution in [0.5, 0.6) is 0 Å². The predicted molar refractivity (Wildman–Crippen MR) is 77.7 cm³/mol. The van der Waals surface area contributed by atoms with E-state index in [0.717, 1.165) is 27.9 Å². The number of aromatic amines is 1. The van der Waals surface area contributed by atoms with E-state index in [-0.39, 0.29) is 5.91 Å². The molecular formula is C14H13N3OS. The largest absolute Gasteiger partial charge is 0.319 e. The van der Waals surface area contributed by atoms with E-state index in [1.807, 2.05) is 30.3 Å². The number of fused-ring (bicyclic) bond motifs is 1. The Kier molecular flexibility index (Phi) is 3.05. The molecule has 0 saturated carbocycles. The fourth-order valence-corrected chi connectivity index (χ4v) is 2.79. The van der Waals surface area contributed by atoms with Crippen LogP contribution in [-0.2, 0) is 6.42 Å². The molecule has 0 fully saturated rings. The lowest BCUT2D eigenvalue weighted by molar-refractivity contribution is 0.103. The molecule has 0 aliphatic rings. The van der Waals surface area contributed by atoms with Gasteiger partial charge in [0.15, 0.2) is 0 Å². The van der Waals surface area contributed by atoms with E-state index in [1.165, 1.54) is 16.2 Å². The Labute approximate surface area is 114 Å². The zero-order chi connectivity index (χ0) is 13.2. The number of para-hydroxylation sites is 1. The predicted octanol–water partition coefficient (Wildman–Crippen LogP) is 3.44. The molecule has 2 heterocycles. The van der Waals surface area contributed by atoms with E-state index >= 15 is 0 Å². The molecule has 0 aliphatic carbocycles. The fraction of sp³-hybridized carbons (Fsp3) is 0.143. The first-order valence-corrected chi connectivity index (χ1v) is 6.91. The highest BCUT2D eigenvalue weighted by Crippen LogP contribution is 2.23. The van der Waals surface area contributed by atoms with Crippen molar-refractivity contribution in [1.29, 1.82) is 0 Å². The van der Waals surface area contributed by atoms with E-state index in [2.05, 4.69) is 22.4 Å². The lowest BCUT2D eigenvalue weighted by Crippen LogP contribution is -2.10. The third kappa shape index (κ3) is 2.24. The van der Waals surface area contributed by atoms with Gasteiger partial charge in [-0.1, -0.05) is 19.1 Å². The summed E-state index contributed by atoms with van der Waals surface area (Å²) < 4.78 is 0. The molecule has 3 aromatic rings. The molecule has 5 heteroatoms. The summed E-state index contributed by atoms with van der Waals surface area (Å²) in [6.45, 7) is 2.08. The molecule has 0 spiro atoms. The second kappa shape index (κ2) is 4.85. The van der Waals surface area contributed by atoms with E-state index in [4.69, 9.17) is 0 Å². The third-order valence-electron chi connectivity index (χ3n) is 2.96. The van der Waals surface area contributed by atoms with E-state index in [1.54, 1.807) is 6.20 Å². The molecule has 1 amide bonds. The van der Waals surface area contributed by atoms with Crippen molar-refractivity contribution in [2.45, 2.75) is 13.3 Å². The number of carbonyl (C=O) groups excluding carboxylic acids is 1. The van der Waals surface area contributed by atoms with Gasteiger partial charge >= 0.3 is 0 Å². The van der Waals surface area contributed by atoms with Gasteiger partial charge in [0.2, 0.25) is 0 Å². The molecule has 0 bridgehead atoms. The zero-order valence-corrected chi connectivity index (χ0v) is 11.3. The van der Waals surface area contributed by atoms with Crippen LogP contribution in [-0.4, -0.2) is 16.1 Å². The Balaban J connectivity index is 1.88. The Morgan fingerprint density at radius 2 is 2.26 bits per heavy atom. The highest BCUT2D eigenvalue weighted by atomic mass is 32.1. The van der Waals surface area contributed by atoms with Crippen LogP contribution in [0, 0.1) is 0 Å². The second-order valence-corrected chi connectivity index (χ2v) is 5.38. The van der Waals surface area contributed by atoms with Gasteiger partial charge in [-0.05, 0) is 24.6 Å². The first-order valence-electron chi connectivity index (χ1n) is 6.10. The number of aryl methyl sites for hydroxylation is 1. The number of anilines is 1. The average molecular weight is 271 g/mol. The van der Waals surface area contributed by atoms with E-state index < -0.39 is 0 Å². The van der Waals surface area contributed by atoms with Gasteiger partial charge in [0.25, 0.3) is 5.91 Å². The second-order valence-electron chi connectivity index (χ2n) is 4.21. The van der Waals surface area contributed by atoms with Crippen molar-refractivity contribution in [1.82, 2.24) is 10.2 Å². The van der Waals surface area contributed by atoms with Crippen LogP contribution in [0.4, 0.5) is 5.69 Å². The van der Waals surface area contributed by atoms with Gasteiger partial charge < -0.3 is 5.32 Å². The minimum Gasteiger partial charge on any atom is -0.319 e. The number of carbonyl (C=O) groups is 1. The number of nitrogens with one attached hydrogen (secondary N) is 2. The Morgan fingerprint density at radius 3 is 3.05 bits per heavy atom. The number of hydrogen-bond donors (Lipinski definition) is 2. The summed E-state index contributed by atoms with van der Waals surface area (Å²) in [4.78, 5) is 14.1. The first kappa shape index (κ1) is 11.9. The maximum Gasteiger partial charge on any atom is 0.265 e. The Hall–Kier alpha value is -2.14. The molecule has 1 aromatic carbocycles. The topological polar surface area (TPSA) is 57.8 Å². The molecule has 0 unspecified atom stereocenters. The quantitative estimate of drug-likeness (QED) is 0.766. The minimum atomic E-state index is -0.0770. The number of thiophene rings is 1. The maximum absolute atomic E-state index is 12.2. The first-order chi connectivity index (χ1) is 9.28. The average Bonchev–Trinajstić information content (AvgIpc) is 3.08. The number of benzene rings is 1. The minimum absolute atomic E-state index is 0.0770. The third-order valence-corrected chi connectivity index (χ3v) is 4.19. The molecule has 0 radical (unpaired) electrons. The molecule has 19 heavy (non-hydrogen) atoms. The van der Waals surface area contributed by atoms with Gasteiger partial charge in [0.05, 0.1) is 22.3 Å². The highest BCUT2D eigenvalue weighted by molar-refractivity contribution is 7.14. The molecule has 0 saturated heterocycles. The molecule has 0 atom stereocenters. The highest BCUT2D eigenvalue weighted by Gasteiger charge is 2.11. The SMILES string of the molecule is CCc1ccc(C(=O)Nc2cccc3cn[nH]c23)s1. The number of H-pyrrole nitrogens is 1. The van der Waals surface area contributed by atoms with E-state index in [9.17, 15) is 4.79 Å². The lowest BCUT2D eigenvalue weighted by atomic mass is 10.2. The van der Waals surface area contributed by atoms with Crippen molar-refractivity contribution in [3.05, 3.63) is 46.3 Å². The van der Waals surface area contributed by atoms with Crippen LogP contribution < -0.4 is 5.32 Å². The van der Waals surface area contributed by atoms with Crippen LogP contribution >= 0.6 is 11.3 Å². The van der Waals surface area contributed by atoms with Gasteiger partial charge in [-0.3, -0.25) is 9.89 Å². The van der Waals surface area contributed by atoms with Gasteiger partial charge in [-0.15, -0.1) is 11.3 Å². The zero-order valence-electron chi connectivity index (χ0n) is 10.4. The van der Waals surface area contributed by atoms with Crippen molar-refractivity contribution in [3.8, 4) is 0 Å². The van der Waals surface area contributed by atoms with Crippen molar-refractivity contribution in [2.75, 3.05) is 5.32 Å². The normalized spacial score (nSPS) is 10.8. The summed E-state index contributed by atoms with van der Waals surface area (Å²) in [6, 6.07) is 9.59. The van der Waals surface area contributed by atoms with Gasteiger partial charge in [0, 0.05) is 10.3 Å². The number of aromatic nitrogens is 2. The Bertz CT molecular complexity index is 729. The van der Waals surface area contributed by atoms with Crippen molar-refractivity contribution < 1.29 is 4.79 Å². The van der Waals surface area contributed by atoms with Gasteiger partial charge in [-0.2, -0.15) is 5.10 Å². The van der Waals surface area contributed by atoms with Gasteiger partial charge in [0.1, 0.15) is 0 Å². The van der Waals surface area contributed by atoms with Gasteiger partial charge in [-0.25, -0.2) is 0 Å². The molecule has 2 N–H and O–H groups in total. The summed E-state index contributed by atoms with van der Waals surface area (Å²) in [5.74, 6) is -0.0770. The summed E-state index contributed by atoms with van der Waals surface area (Å²) >= 11 is 1.53. The summed E-state index contributed by atoms with van der Waals surface area (Å²) in [7, 11) is 0. The molecular weight excluding hydrogens is 258 g/mol. The monoisotopic (exact) mass is 271 g/mol. The van der Waals surface area contributed by atoms with E-state index in [0.29, 0.717) is 0 Å². The van der Waals surface area contributed by atoms with Crippen molar-refractivity contribution in [2.24, 2.45) is 0 Å². The standard InChI is InChI=1S/C14H13N3OS/c1-2-10-6-7-12(19-10)14(18)16-11-5-3-4-9-8-15-17-13(9)11/h3-8H,2H2,1H3,(H,15,17)(H,16,18).